The highest BCUT2D eigenvalue weighted by Gasteiger charge is 2.42. The van der Waals surface area contributed by atoms with Gasteiger partial charge >= 0.3 is 5.97 Å². The van der Waals surface area contributed by atoms with E-state index in [9.17, 15) is 9.59 Å². The van der Waals surface area contributed by atoms with Crippen LogP contribution in [0.2, 0.25) is 0 Å². The minimum atomic E-state index is -0.231. The van der Waals surface area contributed by atoms with E-state index < -0.39 is 0 Å². The maximum Gasteiger partial charge on any atom is 0.306 e. The first-order valence-electron chi connectivity index (χ1n) is 12.2. The van der Waals surface area contributed by atoms with Crippen LogP contribution < -0.4 is 10.1 Å². The number of likely N-dealkylation sites (tertiary alicyclic amines) is 1. The number of hydrogen-bond acceptors (Lipinski definition) is 7. The summed E-state index contributed by atoms with van der Waals surface area (Å²) in [7, 11) is 0. The van der Waals surface area contributed by atoms with E-state index in [2.05, 4.69) is 20.2 Å². The number of benzene rings is 1. The molecule has 1 aromatic heterocycles. The van der Waals surface area contributed by atoms with Crippen molar-refractivity contribution < 1.29 is 19.1 Å². The van der Waals surface area contributed by atoms with E-state index in [1.807, 2.05) is 32.0 Å². The molecule has 180 valence electrons. The van der Waals surface area contributed by atoms with Crippen LogP contribution in [0.1, 0.15) is 49.9 Å². The molecule has 1 amide bonds. The Kier molecular flexibility index (Phi) is 6.25. The Morgan fingerprint density at radius 1 is 1.18 bits per heavy atom. The first-order chi connectivity index (χ1) is 16.4. The number of esters is 1. The number of nitrogens with one attached hydrogen (secondary N) is 1. The predicted molar refractivity (Wildman–Crippen MR) is 128 cm³/mol. The van der Waals surface area contributed by atoms with Crippen molar-refractivity contribution in [2.45, 2.75) is 58.0 Å². The molecule has 5 rings (SSSR count). The van der Waals surface area contributed by atoms with Crippen LogP contribution in [0.15, 0.2) is 24.5 Å². The lowest BCUT2D eigenvalue weighted by atomic mass is 9.89. The molecular weight excluding hydrogens is 432 g/mol. The lowest BCUT2D eigenvalue weighted by Gasteiger charge is -2.37. The fourth-order valence-electron chi connectivity index (χ4n) is 5.00. The minimum absolute atomic E-state index is 0.0587. The average molecular weight is 465 g/mol. The van der Waals surface area contributed by atoms with E-state index in [0.29, 0.717) is 13.0 Å². The van der Waals surface area contributed by atoms with Crippen molar-refractivity contribution in [1.29, 1.82) is 0 Å². The van der Waals surface area contributed by atoms with E-state index in [4.69, 9.17) is 9.47 Å². The fraction of sp³-hybridized carbons (Fsp3) is 0.538. The van der Waals surface area contributed by atoms with Gasteiger partial charge in [0.25, 0.3) is 0 Å². The number of rotatable bonds is 7. The second-order valence-electron chi connectivity index (χ2n) is 9.74. The van der Waals surface area contributed by atoms with Gasteiger partial charge in [0, 0.05) is 60.2 Å². The molecule has 3 aliphatic rings. The summed E-state index contributed by atoms with van der Waals surface area (Å²) in [5.41, 5.74) is 4.09. The average Bonchev–Trinajstić information content (AvgIpc) is 3.60. The smallest absolute Gasteiger partial charge is 0.306 e. The molecule has 1 saturated carbocycles. The number of carbonyl (C=O) groups is 2. The Hall–Kier alpha value is -3.00. The van der Waals surface area contributed by atoms with Gasteiger partial charge in [-0.2, -0.15) is 0 Å². The molecular formula is C26H32N4O4. The highest BCUT2D eigenvalue weighted by molar-refractivity contribution is 5.95. The minimum Gasteiger partial charge on any atom is -0.492 e. The van der Waals surface area contributed by atoms with Crippen LogP contribution >= 0.6 is 0 Å². The Morgan fingerprint density at radius 2 is 1.91 bits per heavy atom. The number of aromatic nitrogens is 2. The van der Waals surface area contributed by atoms with Crippen LogP contribution in [-0.2, 0) is 14.3 Å². The van der Waals surface area contributed by atoms with Crippen molar-refractivity contribution in [3.05, 3.63) is 35.9 Å². The Balaban J connectivity index is 1.27. The summed E-state index contributed by atoms with van der Waals surface area (Å²) in [6.45, 7) is 7.07. The van der Waals surface area contributed by atoms with Gasteiger partial charge in [-0.1, -0.05) is 0 Å². The molecule has 0 radical (unpaired) electrons. The predicted octanol–water partition coefficient (Wildman–Crippen LogP) is 3.66. The second kappa shape index (κ2) is 9.33. The summed E-state index contributed by atoms with van der Waals surface area (Å²) < 4.78 is 11.9. The molecule has 1 aromatic carbocycles. The van der Waals surface area contributed by atoms with E-state index in [1.54, 1.807) is 6.33 Å². The van der Waals surface area contributed by atoms with Crippen LogP contribution in [0.3, 0.4) is 0 Å². The topological polar surface area (TPSA) is 93.6 Å². The zero-order valence-corrected chi connectivity index (χ0v) is 19.9. The third kappa shape index (κ3) is 4.92. The third-order valence-corrected chi connectivity index (χ3v) is 7.24. The number of aryl methyl sites for hydroxylation is 2. The summed E-state index contributed by atoms with van der Waals surface area (Å²) in [6.07, 6.45) is 6.66. The molecule has 1 N–H and O–H groups in total. The normalized spacial score (nSPS) is 19.8. The molecule has 3 heterocycles. The number of anilines is 1. The zero-order chi connectivity index (χ0) is 23.7. The van der Waals surface area contributed by atoms with Crippen LogP contribution in [0.4, 0.5) is 5.69 Å². The zero-order valence-electron chi connectivity index (χ0n) is 19.9. The van der Waals surface area contributed by atoms with E-state index in [-0.39, 0.29) is 23.4 Å². The van der Waals surface area contributed by atoms with Crippen molar-refractivity contribution >= 4 is 17.6 Å². The maximum atomic E-state index is 12.3. The Bertz CT molecular complexity index is 1070. The fourth-order valence-corrected chi connectivity index (χ4v) is 5.00. The molecule has 3 fully saturated rings. The van der Waals surface area contributed by atoms with Crippen molar-refractivity contribution in [3.8, 4) is 16.9 Å². The summed E-state index contributed by atoms with van der Waals surface area (Å²) in [5, 5.41) is 3.04. The number of carbonyl (C=O) groups excluding carboxylic acids is 2. The summed E-state index contributed by atoms with van der Waals surface area (Å²) in [5.74, 6) is 0.910. The van der Waals surface area contributed by atoms with Gasteiger partial charge in [-0.05, 0) is 64.2 Å². The number of hydrogen-bond donors (Lipinski definition) is 1. The van der Waals surface area contributed by atoms with E-state index in [1.165, 1.54) is 0 Å². The van der Waals surface area contributed by atoms with Crippen molar-refractivity contribution in [1.82, 2.24) is 14.9 Å². The van der Waals surface area contributed by atoms with Gasteiger partial charge in [-0.25, -0.2) is 9.97 Å². The number of amides is 1. The summed E-state index contributed by atoms with van der Waals surface area (Å²) in [6, 6.07) is 5.78. The molecule has 0 unspecified atom stereocenters. The Morgan fingerprint density at radius 3 is 2.56 bits per heavy atom. The van der Waals surface area contributed by atoms with Crippen LogP contribution in [-0.4, -0.2) is 58.6 Å². The van der Waals surface area contributed by atoms with E-state index >= 15 is 0 Å². The monoisotopic (exact) mass is 464 g/mol. The molecule has 1 aliphatic carbocycles. The summed E-state index contributed by atoms with van der Waals surface area (Å²) in [4.78, 5) is 35.0. The van der Waals surface area contributed by atoms with Crippen molar-refractivity contribution in [3.63, 3.8) is 0 Å². The van der Waals surface area contributed by atoms with Gasteiger partial charge in [-0.3, -0.25) is 14.5 Å². The van der Waals surface area contributed by atoms with Gasteiger partial charge < -0.3 is 14.8 Å². The van der Waals surface area contributed by atoms with Gasteiger partial charge in [0.2, 0.25) is 5.91 Å². The number of ether oxygens (including phenoxy) is 2. The van der Waals surface area contributed by atoms with Crippen LogP contribution in [0.5, 0.6) is 5.75 Å². The molecule has 0 atom stereocenters. The van der Waals surface area contributed by atoms with Gasteiger partial charge in [0.05, 0.1) is 0 Å². The van der Waals surface area contributed by atoms with Gasteiger partial charge in [0.15, 0.2) is 0 Å². The molecule has 2 aliphatic heterocycles. The maximum absolute atomic E-state index is 12.3. The number of nitrogens with zero attached hydrogens (tertiary/aromatic N) is 3. The largest absolute Gasteiger partial charge is 0.492 e. The van der Waals surface area contributed by atoms with Crippen LogP contribution in [0.25, 0.3) is 11.1 Å². The summed E-state index contributed by atoms with van der Waals surface area (Å²) >= 11 is 0. The second-order valence-corrected chi connectivity index (χ2v) is 9.74. The third-order valence-electron chi connectivity index (χ3n) is 7.24. The van der Waals surface area contributed by atoms with Crippen molar-refractivity contribution in [2.75, 3.05) is 31.6 Å². The van der Waals surface area contributed by atoms with Crippen LogP contribution in [0, 0.1) is 19.8 Å². The molecule has 2 saturated heterocycles. The van der Waals surface area contributed by atoms with Gasteiger partial charge in [0.1, 0.15) is 24.3 Å². The lowest BCUT2D eigenvalue weighted by Crippen LogP contribution is -2.45. The molecule has 0 bridgehead atoms. The lowest BCUT2D eigenvalue weighted by molar-refractivity contribution is -0.152. The molecule has 8 heteroatoms. The molecule has 1 spiro atoms. The molecule has 34 heavy (non-hydrogen) atoms. The first-order valence-corrected chi connectivity index (χ1v) is 12.2. The van der Waals surface area contributed by atoms with Crippen molar-refractivity contribution in [2.24, 2.45) is 5.92 Å². The highest BCUT2D eigenvalue weighted by Crippen LogP contribution is 2.38. The standard InChI is InChI=1S/C26H32N4O4/c1-17-24(18(2)28-16-27-17)21-15-20(29-25(32)19-3-4-19)5-6-22(21)33-14-13-30-11-9-26(10-12-30)8-7-23(31)34-26/h5-6,15-16,19H,3-4,7-14H2,1-2H3,(H,29,32). The molecule has 8 nitrogen and oxygen atoms in total. The van der Waals surface area contributed by atoms with Gasteiger partial charge in [-0.15, -0.1) is 0 Å². The Labute approximate surface area is 200 Å². The first kappa shape index (κ1) is 22.8. The molecule has 2 aromatic rings. The number of piperidine rings is 1. The quantitative estimate of drug-likeness (QED) is 0.625. The SMILES string of the molecule is Cc1ncnc(C)c1-c1cc(NC(=O)C2CC2)ccc1OCCN1CCC2(CCC(=O)O2)CC1. The highest BCUT2D eigenvalue weighted by atomic mass is 16.6. The van der Waals surface area contributed by atoms with E-state index in [0.717, 1.165) is 85.7 Å².